The van der Waals surface area contributed by atoms with Crippen LogP contribution in [0.3, 0.4) is 0 Å². The molecule has 4 heterocycles. The van der Waals surface area contributed by atoms with E-state index < -0.39 is 22.8 Å². The van der Waals surface area contributed by atoms with Gasteiger partial charge in [-0.3, -0.25) is 19.3 Å². The van der Waals surface area contributed by atoms with Gasteiger partial charge in [-0.05, 0) is 48.4 Å². The summed E-state index contributed by atoms with van der Waals surface area (Å²) in [6.07, 6.45) is 0. The molecule has 0 saturated carbocycles. The predicted molar refractivity (Wildman–Crippen MR) is 180 cm³/mol. The van der Waals surface area contributed by atoms with Crippen molar-refractivity contribution in [2.75, 3.05) is 9.80 Å². The summed E-state index contributed by atoms with van der Waals surface area (Å²) in [5.41, 5.74) is 2.11. The zero-order valence-electron chi connectivity index (χ0n) is 24.3. The van der Waals surface area contributed by atoms with Crippen LogP contribution in [0.25, 0.3) is 11.0 Å². The monoisotopic (exact) mass is 662 g/mol. The van der Waals surface area contributed by atoms with E-state index in [4.69, 9.17) is 16.0 Å². The molecular weight excluding hydrogens is 640 g/mol. The van der Waals surface area contributed by atoms with Gasteiger partial charge in [-0.15, -0.1) is 10.2 Å². The number of amides is 2. The maximum atomic E-state index is 15.1. The second kappa shape index (κ2) is 10.9. The summed E-state index contributed by atoms with van der Waals surface area (Å²) in [7, 11) is 0. The van der Waals surface area contributed by atoms with Gasteiger partial charge in [-0.2, -0.15) is 0 Å². The number of para-hydroxylation sites is 2. The highest BCUT2D eigenvalue weighted by Gasteiger charge is 2.66. The fraction of sp³-hybridized carbons (Fsp3) is 0.114. The van der Waals surface area contributed by atoms with Crippen LogP contribution in [0.5, 0.6) is 0 Å². The number of hydrogen-bond donors (Lipinski definition) is 0. The number of aromatic nitrogens is 2. The first kappa shape index (κ1) is 28.7. The van der Waals surface area contributed by atoms with Crippen molar-refractivity contribution in [3.63, 3.8) is 0 Å². The second-order valence-electron chi connectivity index (χ2n) is 11.1. The summed E-state index contributed by atoms with van der Waals surface area (Å²) >= 11 is 8.69. The van der Waals surface area contributed by atoms with Crippen LogP contribution in [0, 0.1) is 6.92 Å². The number of nitrogens with zero attached hydrogens (tertiary/aromatic N) is 4. The Bertz CT molecular complexity index is 2270. The molecule has 2 amide bonds. The van der Waals surface area contributed by atoms with Gasteiger partial charge in [0.05, 0.1) is 23.2 Å². The Morgan fingerprint density at radius 2 is 1.67 bits per heavy atom. The molecule has 1 spiro atoms. The fourth-order valence-corrected chi connectivity index (χ4v) is 8.31. The lowest BCUT2D eigenvalue weighted by Crippen LogP contribution is -2.53. The van der Waals surface area contributed by atoms with Crippen molar-refractivity contribution >= 4 is 68.3 Å². The van der Waals surface area contributed by atoms with Crippen LogP contribution in [0.15, 0.2) is 111 Å². The third-order valence-corrected chi connectivity index (χ3v) is 10.7. The van der Waals surface area contributed by atoms with Crippen LogP contribution in [-0.4, -0.2) is 22.0 Å². The van der Waals surface area contributed by atoms with Crippen molar-refractivity contribution in [1.29, 1.82) is 0 Å². The van der Waals surface area contributed by atoms with Gasteiger partial charge < -0.3 is 9.32 Å². The first-order valence-electron chi connectivity index (χ1n) is 14.4. The molecule has 0 aliphatic carbocycles. The Hall–Kier alpha value is -4.77. The van der Waals surface area contributed by atoms with Gasteiger partial charge in [0.1, 0.15) is 5.58 Å². The average Bonchev–Trinajstić information content (AvgIpc) is 3.70. The number of aryl methyl sites for hydroxylation is 1. The van der Waals surface area contributed by atoms with Gasteiger partial charge in [-0.1, -0.05) is 107 Å². The summed E-state index contributed by atoms with van der Waals surface area (Å²) in [5.74, 6) is -0.628. The summed E-state index contributed by atoms with van der Waals surface area (Å²) in [4.78, 5) is 46.9. The van der Waals surface area contributed by atoms with Gasteiger partial charge in [0.2, 0.25) is 10.9 Å². The highest BCUT2D eigenvalue weighted by molar-refractivity contribution is 8.00. The van der Waals surface area contributed by atoms with Crippen molar-refractivity contribution in [3.05, 3.63) is 146 Å². The molecule has 6 aromatic rings. The molecule has 1 unspecified atom stereocenters. The second-order valence-corrected chi connectivity index (χ2v) is 13.8. The molecular formula is C35H23ClN4O4S2. The third-order valence-electron chi connectivity index (χ3n) is 8.32. The Morgan fingerprint density at radius 1 is 0.891 bits per heavy atom. The van der Waals surface area contributed by atoms with Crippen molar-refractivity contribution in [2.24, 2.45) is 0 Å². The topological polar surface area (TPSA) is 96.6 Å². The number of fused-ring (bicyclic) bond motifs is 5. The largest absolute Gasteiger partial charge is 0.450 e. The molecule has 8 rings (SSSR count). The Morgan fingerprint density at radius 3 is 2.50 bits per heavy atom. The van der Waals surface area contributed by atoms with Crippen LogP contribution in [-0.2, 0) is 22.6 Å². The van der Waals surface area contributed by atoms with E-state index in [-0.39, 0.29) is 34.0 Å². The predicted octanol–water partition coefficient (Wildman–Crippen LogP) is 7.35. The maximum absolute atomic E-state index is 15.1. The molecule has 0 fully saturated rings. The molecule has 11 heteroatoms. The zero-order valence-corrected chi connectivity index (χ0v) is 26.7. The highest BCUT2D eigenvalue weighted by Crippen LogP contribution is 2.55. The Labute approximate surface area is 276 Å². The van der Waals surface area contributed by atoms with Crippen LogP contribution >= 0.6 is 34.7 Å². The molecule has 46 heavy (non-hydrogen) atoms. The van der Waals surface area contributed by atoms with Gasteiger partial charge in [-0.25, -0.2) is 0 Å². The lowest BCUT2D eigenvalue weighted by molar-refractivity contribution is -0.121. The summed E-state index contributed by atoms with van der Waals surface area (Å²) in [6.45, 7) is 2.24. The molecule has 2 aromatic heterocycles. The van der Waals surface area contributed by atoms with E-state index >= 15 is 4.79 Å². The van der Waals surface area contributed by atoms with Crippen molar-refractivity contribution in [1.82, 2.24) is 10.2 Å². The molecule has 8 nitrogen and oxygen atoms in total. The number of halogens is 1. The molecule has 0 bridgehead atoms. The molecule has 0 radical (unpaired) electrons. The van der Waals surface area contributed by atoms with Crippen LogP contribution in [0.2, 0.25) is 5.02 Å². The molecule has 0 N–H and O–H groups in total. The SMILES string of the molecule is Cc1cccc(CN2C(=O)C3(c4ccccc42)c2c(oc4ccccc4c2=O)C(=O)N3c2nnc(SCc3ccc(Cl)cc3)s2)c1. The van der Waals surface area contributed by atoms with Gasteiger partial charge in [0.25, 0.3) is 11.8 Å². The standard InChI is InChI=1S/C35H23ClN4O4S2/c1-20-7-6-8-22(17-20)18-39-26-11-4-3-10-25(26)35(32(39)43)28-29(41)24-9-2-5-12-27(24)44-30(28)31(42)40(35)33-37-38-34(46-33)45-19-21-13-15-23(36)16-14-21/h2-17H,18-19H2,1H3. The fourth-order valence-electron chi connectivity index (χ4n) is 6.34. The number of benzene rings is 4. The molecule has 0 saturated heterocycles. The quantitative estimate of drug-likeness (QED) is 0.136. The van der Waals surface area contributed by atoms with Crippen molar-refractivity contribution in [2.45, 2.75) is 29.1 Å². The summed E-state index contributed by atoms with van der Waals surface area (Å²) in [6, 6.07) is 29.5. The van der Waals surface area contributed by atoms with E-state index in [0.717, 1.165) is 16.7 Å². The van der Waals surface area contributed by atoms with Crippen molar-refractivity contribution in [3.8, 4) is 0 Å². The Kier molecular flexibility index (Phi) is 6.82. The number of rotatable bonds is 6. The highest BCUT2D eigenvalue weighted by atomic mass is 35.5. The Balaban J connectivity index is 1.31. The minimum absolute atomic E-state index is 0.00837. The molecule has 226 valence electrons. The smallest absolute Gasteiger partial charge is 0.297 e. The lowest BCUT2D eigenvalue weighted by atomic mass is 9.84. The molecule has 1 atom stereocenters. The first-order valence-corrected chi connectivity index (χ1v) is 16.6. The molecule has 2 aliphatic rings. The van der Waals surface area contributed by atoms with E-state index in [9.17, 15) is 9.59 Å². The zero-order chi connectivity index (χ0) is 31.6. The van der Waals surface area contributed by atoms with Gasteiger partial charge >= 0.3 is 0 Å². The first-order chi connectivity index (χ1) is 22.4. The normalized spacial score (nSPS) is 16.9. The molecule has 4 aromatic carbocycles. The minimum atomic E-state index is -1.84. The van der Waals surface area contributed by atoms with E-state index in [1.54, 1.807) is 41.3 Å². The van der Waals surface area contributed by atoms with Gasteiger partial charge in [0, 0.05) is 16.3 Å². The van der Waals surface area contributed by atoms with Gasteiger partial charge in [0.15, 0.2) is 15.3 Å². The number of hydrogen-bond acceptors (Lipinski definition) is 8. The minimum Gasteiger partial charge on any atom is -0.450 e. The van der Waals surface area contributed by atoms with E-state index in [1.807, 2.05) is 67.6 Å². The maximum Gasteiger partial charge on any atom is 0.297 e. The summed E-state index contributed by atoms with van der Waals surface area (Å²) in [5, 5.41) is 9.93. The number of anilines is 2. The third kappa shape index (κ3) is 4.32. The number of carbonyl (C=O) groups excluding carboxylic acids is 2. The number of carbonyl (C=O) groups is 2. The van der Waals surface area contributed by atoms with Crippen molar-refractivity contribution < 1.29 is 14.0 Å². The van der Waals surface area contributed by atoms with E-state index in [2.05, 4.69) is 10.2 Å². The van der Waals surface area contributed by atoms with E-state index in [0.29, 0.717) is 26.4 Å². The van der Waals surface area contributed by atoms with Crippen LogP contribution in [0.1, 0.15) is 38.4 Å². The molecule has 2 aliphatic heterocycles. The average molecular weight is 663 g/mol. The van der Waals surface area contributed by atoms with Crippen LogP contribution in [0.4, 0.5) is 10.8 Å². The lowest BCUT2D eigenvalue weighted by Gasteiger charge is -2.32. The number of thioether (sulfide) groups is 1. The van der Waals surface area contributed by atoms with E-state index in [1.165, 1.54) is 28.0 Å². The summed E-state index contributed by atoms with van der Waals surface area (Å²) < 4.78 is 6.77. The van der Waals surface area contributed by atoms with Crippen LogP contribution < -0.4 is 15.2 Å².